The molecule has 0 radical (unpaired) electrons. The molecule has 0 spiro atoms. The summed E-state index contributed by atoms with van der Waals surface area (Å²) in [7, 11) is 0. The Hall–Kier alpha value is -1.03. The highest BCUT2D eigenvalue weighted by Crippen LogP contribution is 2.18. The molecule has 1 unspecified atom stereocenters. The zero-order valence-corrected chi connectivity index (χ0v) is 8.92. The highest BCUT2D eigenvalue weighted by molar-refractivity contribution is 8.14. The number of thioether (sulfide) groups is 1. The van der Waals surface area contributed by atoms with E-state index in [9.17, 15) is 0 Å². The van der Waals surface area contributed by atoms with Gasteiger partial charge in [0.25, 0.3) is 0 Å². The predicted molar refractivity (Wildman–Crippen MR) is 61.8 cm³/mol. The highest BCUT2D eigenvalue weighted by atomic mass is 32.2. The fourth-order valence-electron chi connectivity index (χ4n) is 1.26. The van der Waals surface area contributed by atoms with Crippen molar-refractivity contribution in [1.29, 1.82) is 0 Å². The SMILES string of the molecule is CC1CCSC(Nc2cccnc2)=N1. The summed E-state index contributed by atoms with van der Waals surface area (Å²) in [4.78, 5) is 8.56. The second kappa shape index (κ2) is 4.46. The fraction of sp³-hybridized carbons (Fsp3) is 0.400. The minimum Gasteiger partial charge on any atom is -0.334 e. The van der Waals surface area contributed by atoms with Gasteiger partial charge in [-0.2, -0.15) is 0 Å². The molecule has 1 aromatic heterocycles. The fourth-order valence-corrected chi connectivity index (χ4v) is 2.35. The van der Waals surface area contributed by atoms with Gasteiger partial charge in [-0.05, 0) is 25.5 Å². The zero-order chi connectivity index (χ0) is 9.80. The Labute approximate surface area is 88.0 Å². The Kier molecular flexibility index (Phi) is 3.03. The van der Waals surface area contributed by atoms with Crippen molar-refractivity contribution in [3.8, 4) is 0 Å². The van der Waals surface area contributed by atoms with Crippen molar-refractivity contribution in [2.45, 2.75) is 19.4 Å². The van der Waals surface area contributed by atoms with Crippen molar-refractivity contribution in [2.75, 3.05) is 11.1 Å². The zero-order valence-electron chi connectivity index (χ0n) is 8.10. The van der Waals surface area contributed by atoms with E-state index in [-0.39, 0.29) is 0 Å². The Morgan fingerprint density at radius 3 is 3.21 bits per heavy atom. The lowest BCUT2D eigenvalue weighted by atomic mass is 10.3. The first-order valence-corrected chi connectivity index (χ1v) is 5.71. The topological polar surface area (TPSA) is 37.3 Å². The number of aliphatic imine (C=N–C) groups is 1. The molecule has 1 N–H and O–H groups in total. The molecule has 0 fully saturated rings. The third kappa shape index (κ3) is 2.48. The van der Waals surface area contributed by atoms with Gasteiger partial charge in [-0.15, -0.1) is 0 Å². The van der Waals surface area contributed by atoms with Crippen LogP contribution in [0.5, 0.6) is 0 Å². The quantitative estimate of drug-likeness (QED) is 0.768. The summed E-state index contributed by atoms with van der Waals surface area (Å²) in [6, 6.07) is 4.35. The first-order valence-electron chi connectivity index (χ1n) is 4.72. The molecule has 0 bridgehead atoms. The van der Waals surface area contributed by atoms with E-state index < -0.39 is 0 Å². The largest absolute Gasteiger partial charge is 0.334 e. The standard InChI is InChI=1S/C10H13N3S/c1-8-4-6-14-10(12-8)13-9-3-2-5-11-7-9/h2-3,5,7-8H,4,6H2,1H3,(H,12,13). The second-order valence-electron chi connectivity index (χ2n) is 3.29. The molecular weight excluding hydrogens is 194 g/mol. The van der Waals surface area contributed by atoms with E-state index in [1.807, 2.05) is 18.3 Å². The normalized spacial score (nSPS) is 21.5. The maximum atomic E-state index is 4.52. The Balaban J connectivity index is 2.04. The molecule has 0 aliphatic carbocycles. The highest BCUT2D eigenvalue weighted by Gasteiger charge is 2.11. The second-order valence-corrected chi connectivity index (χ2v) is 4.37. The van der Waals surface area contributed by atoms with Gasteiger partial charge in [0.2, 0.25) is 0 Å². The summed E-state index contributed by atoms with van der Waals surface area (Å²) in [5.41, 5.74) is 1.01. The van der Waals surface area contributed by atoms with Crippen LogP contribution in [0, 0.1) is 0 Å². The minimum atomic E-state index is 0.440. The molecule has 2 heterocycles. The van der Waals surface area contributed by atoms with Crippen LogP contribution in [-0.4, -0.2) is 21.9 Å². The van der Waals surface area contributed by atoms with E-state index in [0.717, 1.165) is 16.6 Å². The number of hydrogen-bond acceptors (Lipinski definition) is 4. The number of hydrogen-bond donors (Lipinski definition) is 1. The summed E-state index contributed by atoms with van der Waals surface area (Å²) >= 11 is 1.77. The molecule has 3 nitrogen and oxygen atoms in total. The molecule has 14 heavy (non-hydrogen) atoms. The van der Waals surface area contributed by atoms with E-state index in [4.69, 9.17) is 0 Å². The molecule has 2 rings (SSSR count). The monoisotopic (exact) mass is 207 g/mol. The Morgan fingerprint density at radius 1 is 1.57 bits per heavy atom. The first kappa shape index (κ1) is 9.52. The van der Waals surface area contributed by atoms with Crippen molar-refractivity contribution < 1.29 is 0 Å². The molecule has 1 aliphatic rings. The summed E-state index contributed by atoms with van der Waals surface area (Å²) in [5.74, 6) is 1.15. The van der Waals surface area contributed by atoms with Crippen LogP contribution in [0.1, 0.15) is 13.3 Å². The van der Waals surface area contributed by atoms with Gasteiger partial charge >= 0.3 is 0 Å². The van der Waals surface area contributed by atoms with Crippen LogP contribution in [0.4, 0.5) is 5.69 Å². The predicted octanol–water partition coefficient (Wildman–Crippen LogP) is 2.37. The van der Waals surface area contributed by atoms with Crippen LogP contribution >= 0.6 is 11.8 Å². The van der Waals surface area contributed by atoms with Crippen molar-refractivity contribution in [3.63, 3.8) is 0 Å². The molecule has 1 atom stereocenters. The number of amidine groups is 1. The Bertz CT molecular complexity index is 323. The van der Waals surface area contributed by atoms with Crippen LogP contribution in [0.2, 0.25) is 0 Å². The molecule has 1 aliphatic heterocycles. The summed E-state index contributed by atoms with van der Waals surface area (Å²) in [6.07, 6.45) is 4.74. The number of pyridine rings is 1. The van der Waals surface area contributed by atoms with E-state index in [1.165, 1.54) is 6.42 Å². The lowest BCUT2D eigenvalue weighted by molar-refractivity contribution is 0.720. The molecule has 74 valence electrons. The van der Waals surface area contributed by atoms with Gasteiger partial charge in [-0.25, -0.2) is 0 Å². The molecule has 0 saturated heterocycles. The van der Waals surface area contributed by atoms with Crippen LogP contribution in [-0.2, 0) is 0 Å². The van der Waals surface area contributed by atoms with Crippen LogP contribution in [0.3, 0.4) is 0 Å². The van der Waals surface area contributed by atoms with Crippen molar-refractivity contribution in [2.24, 2.45) is 4.99 Å². The van der Waals surface area contributed by atoms with Gasteiger partial charge < -0.3 is 5.32 Å². The first-order chi connectivity index (χ1) is 6.84. The number of nitrogens with one attached hydrogen (secondary N) is 1. The summed E-state index contributed by atoms with van der Waals surface area (Å²) in [6.45, 7) is 2.14. The average Bonchev–Trinajstić information content (AvgIpc) is 2.19. The molecule has 0 aromatic carbocycles. The van der Waals surface area contributed by atoms with E-state index >= 15 is 0 Å². The van der Waals surface area contributed by atoms with Crippen molar-refractivity contribution >= 4 is 22.6 Å². The van der Waals surface area contributed by atoms with E-state index in [1.54, 1.807) is 18.0 Å². The van der Waals surface area contributed by atoms with Gasteiger partial charge in [-0.1, -0.05) is 11.8 Å². The molecular formula is C10H13N3S. The number of nitrogens with zero attached hydrogens (tertiary/aromatic N) is 2. The lowest BCUT2D eigenvalue weighted by Crippen LogP contribution is -2.17. The maximum Gasteiger partial charge on any atom is 0.161 e. The van der Waals surface area contributed by atoms with Gasteiger partial charge in [0.1, 0.15) is 0 Å². The van der Waals surface area contributed by atoms with Crippen molar-refractivity contribution in [1.82, 2.24) is 4.98 Å². The van der Waals surface area contributed by atoms with Gasteiger partial charge in [-0.3, -0.25) is 9.98 Å². The summed E-state index contributed by atoms with van der Waals surface area (Å²) in [5, 5.41) is 4.27. The Morgan fingerprint density at radius 2 is 2.50 bits per heavy atom. The van der Waals surface area contributed by atoms with E-state index in [2.05, 4.69) is 22.2 Å². The molecule has 0 saturated carbocycles. The van der Waals surface area contributed by atoms with Gasteiger partial charge in [0, 0.05) is 11.9 Å². The van der Waals surface area contributed by atoms with Crippen LogP contribution in [0.25, 0.3) is 0 Å². The molecule has 4 heteroatoms. The number of anilines is 1. The number of aromatic nitrogens is 1. The van der Waals surface area contributed by atoms with Crippen molar-refractivity contribution in [3.05, 3.63) is 24.5 Å². The van der Waals surface area contributed by atoms with Crippen LogP contribution < -0.4 is 5.32 Å². The molecule has 1 aromatic rings. The van der Waals surface area contributed by atoms with Gasteiger partial charge in [0.15, 0.2) is 5.17 Å². The average molecular weight is 207 g/mol. The van der Waals surface area contributed by atoms with Crippen LogP contribution in [0.15, 0.2) is 29.5 Å². The third-order valence-corrected chi connectivity index (χ3v) is 2.95. The minimum absolute atomic E-state index is 0.440. The third-order valence-electron chi connectivity index (χ3n) is 2.02. The lowest BCUT2D eigenvalue weighted by Gasteiger charge is -2.17. The summed E-state index contributed by atoms with van der Waals surface area (Å²) < 4.78 is 0. The smallest absolute Gasteiger partial charge is 0.161 e. The number of rotatable bonds is 1. The van der Waals surface area contributed by atoms with Gasteiger partial charge in [0.05, 0.1) is 17.9 Å². The van der Waals surface area contributed by atoms with E-state index in [0.29, 0.717) is 6.04 Å². The molecule has 0 amide bonds. The maximum absolute atomic E-state index is 4.52.